The Morgan fingerprint density at radius 1 is 1.44 bits per heavy atom. The predicted molar refractivity (Wildman–Crippen MR) is 66.1 cm³/mol. The van der Waals surface area contributed by atoms with E-state index in [1.54, 1.807) is 37.3 Å². The van der Waals surface area contributed by atoms with Gasteiger partial charge in [-0.05, 0) is 26.0 Å². The second-order valence-electron chi connectivity index (χ2n) is 3.53. The van der Waals surface area contributed by atoms with Gasteiger partial charge in [-0.3, -0.25) is 4.79 Å². The highest BCUT2D eigenvalue weighted by molar-refractivity contribution is 7.51. The molecular formula is C11H16NO5P. The van der Waals surface area contributed by atoms with E-state index in [0.29, 0.717) is 0 Å². The average molecular weight is 273 g/mol. The van der Waals surface area contributed by atoms with Crippen molar-refractivity contribution < 1.29 is 23.5 Å². The van der Waals surface area contributed by atoms with Crippen LogP contribution in [0.3, 0.4) is 0 Å². The second kappa shape index (κ2) is 6.54. The molecule has 1 rings (SSSR count). The molecule has 0 saturated carbocycles. The van der Waals surface area contributed by atoms with Crippen LogP contribution in [0.5, 0.6) is 5.75 Å². The number of rotatable bonds is 6. The predicted octanol–water partition coefficient (Wildman–Crippen LogP) is 1.71. The van der Waals surface area contributed by atoms with E-state index in [2.05, 4.69) is 5.09 Å². The van der Waals surface area contributed by atoms with Crippen LogP contribution in [-0.2, 0) is 14.1 Å². The van der Waals surface area contributed by atoms with Gasteiger partial charge in [-0.2, -0.15) is 5.09 Å². The third kappa shape index (κ3) is 4.87. The molecule has 0 aliphatic heterocycles. The number of nitrogens with one attached hydrogen (secondary N) is 1. The Morgan fingerprint density at radius 2 is 2.06 bits per heavy atom. The Bertz CT molecular complexity index is 436. The summed E-state index contributed by atoms with van der Waals surface area (Å²) in [5.74, 6) is -0.365. The van der Waals surface area contributed by atoms with Crippen molar-refractivity contribution in [1.29, 1.82) is 0 Å². The fraction of sp³-hybridized carbons (Fsp3) is 0.364. The number of hydrogen-bond acceptors (Lipinski definition) is 4. The van der Waals surface area contributed by atoms with Crippen LogP contribution in [0.2, 0.25) is 0 Å². The van der Waals surface area contributed by atoms with Crippen LogP contribution in [-0.4, -0.2) is 23.5 Å². The molecule has 0 fully saturated rings. The van der Waals surface area contributed by atoms with Gasteiger partial charge in [-0.25, -0.2) is 4.57 Å². The summed E-state index contributed by atoms with van der Waals surface area (Å²) >= 11 is 0. The normalized spacial score (nSPS) is 15.5. The van der Waals surface area contributed by atoms with Gasteiger partial charge in [0.25, 0.3) is 0 Å². The smallest absolute Gasteiger partial charge is 0.456 e. The fourth-order valence-corrected chi connectivity index (χ4v) is 2.27. The van der Waals surface area contributed by atoms with Crippen molar-refractivity contribution in [2.75, 3.05) is 6.61 Å². The first kappa shape index (κ1) is 14.7. The molecule has 6 nitrogen and oxygen atoms in total. The Balaban J connectivity index is 2.59. The summed E-state index contributed by atoms with van der Waals surface area (Å²) in [4.78, 5) is 20.9. The standard InChI is InChI=1S/C11H16NO5P/c1-3-16-11(13)9(2)12-18(14,15)17-10-7-5-4-6-8-10/h4-9H,3H2,1-2H3,(H2,12,14,15)/t9-/m0/s1. The van der Waals surface area contributed by atoms with Crippen LogP contribution in [0, 0.1) is 0 Å². The molecule has 0 aromatic heterocycles. The molecule has 0 saturated heterocycles. The SMILES string of the molecule is CCOC(=O)[C@H](C)NP(=O)(O)Oc1ccccc1. The van der Waals surface area contributed by atoms with Gasteiger partial charge in [-0.1, -0.05) is 18.2 Å². The van der Waals surface area contributed by atoms with Crippen molar-refractivity contribution in [3.63, 3.8) is 0 Å². The summed E-state index contributed by atoms with van der Waals surface area (Å²) in [6.07, 6.45) is 0. The molecule has 1 unspecified atom stereocenters. The summed E-state index contributed by atoms with van der Waals surface area (Å²) < 4.78 is 21.3. The lowest BCUT2D eigenvalue weighted by atomic mass is 10.3. The second-order valence-corrected chi connectivity index (χ2v) is 5.01. The molecule has 0 amide bonds. The van der Waals surface area contributed by atoms with E-state index in [9.17, 15) is 14.3 Å². The highest BCUT2D eigenvalue weighted by atomic mass is 31.2. The summed E-state index contributed by atoms with van der Waals surface area (Å²) in [6, 6.07) is 7.25. The van der Waals surface area contributed by atoms with E-state index in [1.807, 2.05) is 0 Å². The fourth-order valence-electron chi connectivity index (χ4n) is 1.22. The summed E-state index contributed by atoms with van der Waals surface area (Å²) in [5.41, 5.74) is 0. The molecule has 100 valence electrons. The first-order chi connectivity index (χ1) is 8.44. The Kier molecular flexibility index (Phi) is 5.34. The van der Waals surface area contributed by atoms with Crippen molar-refractivity contribution in [1.82, 2.24) is 5.09 Å². The molecule has 1 aromatic carbocycles. The monoisotopic (exact) mass is 273 g/mol. The van der Waals surface area contributed by atoms with Gasteiger partial charge >= 0.3 is 13.7 Å². The first-order valence-electron chi connectivity index (χ1n) is 5.46. The van der Waals surface area contributed by atoms with Gasteiger partial charge in [0.2, 0.25) is 0 Å². The minimum atomic E-state index is -4.10. The third-order valence-electron chi connectivity index (χ3n) is 1.97. The van der Waals surface area contributed by atoms with Gasteiger partial charge in [0, 0.05) is 0 Å². The van der Waals surface area contributed by atoms with Gasteiger partial charge in [0.1, 0.15) is 11.8 Å². The quantitative estimate of drug-likeness (QED) is 0.606. The number of carbonyl (C=O) groups is 1. The van der Waals surface area contributed by atoms with Crippen LogP contribution >= 0.6 is 7.75 Å². The van der Waals surface area contributed by atoms with Gasteiger partial charge in [0.05, 0.1) is 6.61 Å². The molecule has 2 N–H and O–H groups in total. The van der Waals surface area contributed by atoms with Gasteiger partial charge in [0.15, 0.2) is 0 Å². The number of esters is 1. The van der Waals surface area contributed by atoms with Crippen LogP contribution in [0.4, 0.5) is 0 Å². The van der Waals surface area contributed by atoms with Crippen molar-refractivity contribution in [2.45, 2.75) is 19.9 Å². The van der Waals surface area contributed by atoms with Crippen molar-refractivity contribution in [3.8, 4) is 5.75 Å². The van der Waals surface area contributed by atoms with Gasteiger partial charge in [-0.15, -0.1) is 0 Å². The maximum atomic E-state index is 11.7. The Labute approximate surface area is 106 Å². The van der Waals surface area contributed by atoms with Crippen LogP contribution in [0.15, 0.2) is 30.3 Å². The lowest BCUT2D eigenvalue weighted by Crippen LogP contribution is -2.34. The molecular weight excluding hydrogens is 257 g/mol. The third-order valence-corrected chi connectivity index (χ3v) is 3.14. The largest absolute Gasteiger partial charge is 0.465 e. The minimum absolute atomic E-state index is 0.208. The van der Waals surface area contributed by atoms with Crippen LogP contribution < -0.4 is 9.61 Å². The molecule has 0 bridgehead atoms. The molecule has 0 radical (unpaired) electrons. The lowest BCUT2D eigenvalue weighted by molar-refractivity contribution is -0.144. The number of carbonyl (C=O) groups excluding carboxylic acids is 1. The number of hydrogen-bond donors (Lipinski definition) is 2. The maximum Gasteiger partial charge on any atom is 0.456 e. The number of benzene rings is 1. The Hall–Kier alpha value is -1.36. The van der Waals surface area contributed by atoms with E-state index in [-0.39, 0.29) is 12.4 Å². The summed E-state index contributed by atoms with van der Waals surface area (Å²) in [5, 5.41) is 2.20. The molecule has 0 spiro atoms. The Morgan fingerprint density at radius 3 is 2.61 bits per heavy atom. The molecule has 1 aromatic rings. The molecule has 2 atom stereocenters. The van der Waals surface area contributed by atoms with Crippen LogP contribution in [0.1, 0.15) is 13.8 Å². The highest BCUT2D eigenvalue weighted by Crippen LogP contribution is 2.38. The zero-order valence-electron chi connectivity index (χ0n) is 10.2. The molecule has 7 heteroatoms. The van der Waals surface area contributed by atoms with E-state index in [0.717, 1.165) is 0 Å². The number of para-hydroxylation sites is 1. The van der Waals surface area contributed by atoms with E-state index < -0.39 is 19.8 Å². The van der Waals surface area contributed by atoms with Crippen molar-refractivity contribution >= 4 is 13.7 Å². The zero-order chi connectivity index (χ0) is 13.6. The molecule has 18 heavy (non-hydrogen) atoms. The topological polar surface area (TPSA) is 84.9 Å². The number of ether oxygens (including phenoxy) is 1. The summed E-state index contributed by atoms with van der Waals surface area (Å²) in [6.45, 7) is 3.29. The lowest BCUT2D eigenvalue weighted by Gasteiger charge is -2.17. The average Bonchev–Trinajstić information content (AvgIpc) is 2.29. The molecule has 0 heterocycles. The molecule has 0 aliphatic carbocycles. The van der Waals surface area contributed by atoms with E-state index in [1.165, 1.54) is 6.92 Å². The minimum Gasteiger partial charge on any atom is -0.465 e. The maximum absolute atomic E-state index is 11.7. The van der Waals surface area contributed by atoms with Gasteiger partial charge < -0.3 is 14.2 Å². The first-order valence-corrected chi connectivity index (χ1v) is 7.04. The molecule has 0 aliphatic rings. The summed E-state index contributed by atoms with van der Waals surface area (Å²) in [7, 11) is -4.10. The van der Waals surface area contributed by atoms with Crippen LogP contribution in [0.25, 0.3) is 0 Å². The van der Waals surface area contributed by atoms with E-state index in [4.69, 9.17) is 9.26 Å². The van der Waals surface area contributed by atoms with Crippen molar-refractivity contribution in [3.05, 3.63) is 30.3 Å². The van der Waals surface area contributed by atoms with Crippen molar-refractivity contribution in [2.24, 2.45) is 0 Å². The zero-order valence-corrected chi connectivity index (χ0v) is 11.1. The van der Waals surface area contributed by atoms with E-state index >= 15 is 0 Å². The highest BCUT2D eigenvalue weighted by Gasteiger charge is 2.27.